The number of rotatable bonds is 52. The van der Waals surface area contributed by atoms with Gasteiger partial charge in [0.15, 0.2) is 6.10 Å². The van der Waals surface area contributed by atoms with E-state index in [0.29, 0.717) is 19.3 Å². The van der Waals surface area contributed by atoms with Crippen molar-refractivity contribution < 1.29 is 52.2 Å². The molecule has 406 valence electrons. The van der Waals surface area contributed by atoms with Crippen LogP contribution in [0.4, 0.5) is 0 Å². The molecule has 12 heteroatoms. The van der Waals surface area contributed by atoms with Gasteiger partial charge in [0.05, 0.1) is 19.8 Å². The van der Waals surface area contributed by atoms with Gasteiger partial charge in [-0.3, -0.25) is 23.4 Å². The summed E-state index contributed by atoms with van der Waals surface area (Å²) < 4.78 is 39.4. The Balaban J connectivity index is 4.77. The number of carbonyl (C=O) groups is 3. The van der Waals surface area contributed by atoms with Crippen LogP contribution in [0.15, 0.2) is 60.8 Å². The van der Waals surface area contributed by atoms with Crippen LogP contribution in [-0.4, -0.2) is 66.5 Å². The van der Waals surface area contributed by atoms with E-state index < -0.39 is 57.8 Å². The third-order valence-electron chi connectivity index (χ3n) is 11.9. The normalized spacial score (nSPS) is 13.8. The predicted molar refractivity (Wildman–Crippen MR) is 288 cm³/mol. The van der Waals surface area contributed by atoms with E-state index in [9.17, 15) is 28.9 Å². The number of esters is 3. The van der Waals surface area contributed by atoms with E-state index in [2.05, 4.69) is 81.5 Å². The van der Waals surface area contributed by atoms with Gasteiger partial charge in [0, 0.05) is 19.3 Å². The van der Waals surface area contributed by atoms with Crippen molar-refractivity contribution >= 4 is 25.7 Å². The van der Waals surface area contributed by atoms with Gasteiger partial charge in [0.1, 0.15) is 12.7 Å². The van der Waals surface area contributed by atoms with Crippen LogP contribution >= 0.6 is 7.82 Å². The second-order valence-corrected chi connectivity index (χ2v) is 20.2. The lowest BCUT2D eigenvalue weighted by Crippen LogP contribution is -2.30. The van der Waals surface area contributed by atoms with Crippen molar-refractivity contribution in [3.05, 3.63) is 60.8 Å². The Morgan fingerprint density at radius 3 is 1.17 bits per heavy atom. The quantitative estimate of drug-likeness (QED) is 0.0197. The van der Waals surface area contributed by atoms with Gasteiger partial charge in [-0.1, -0.05) is 191 Å². The van der Waals surface area contributed by atoms with Crippen LogP contribution in [0.5, 0.6) is 0 Å². The summed E-state index contributed by atoms with van der Waals surface area (Å²) in [5.41, 5.74) is 0. The largest absolute Gasteiger partial charge is 0.472 e. The first-order valence-corrected chi connectivity index (χ1v) is 29.7. The maximum Gasteiger partial charge on any atom is 0.472 e. The highest BCUT2D eigenvalue weighted by Gasteiger charge is 2.28. The van der Waals surface area contributed by atoms with Gasteiger partial charge in [0.25, 0.3) is 0 Å². The zero-order valence-electron chi connectivity index (χ0n) is 44.7. The fourth-order valence-corrected chi connectivity index (χ4v) is 8.38. The molecule has 0 saturated heterocycles. The SMILES string of the molecule is CC/C=C\C/C=C\C/C=C\CCCCCC(=O)OC(CO)COP(=O)(O)OCC(COC(=O)CCCCCCC/C=C\CCCCCCCC)OC(=O)CCCCCCC/C=C\CCCCCCCC. The Morgan fingerprint density at radius 1 is 0.414 bits per heavy atom. The van der Waals surface area contributed by atoms with Crippen molar-refractivity contribution in [2.24, 2.45) is 0 Å². The van der Waals surface area contributed by atoms with Gasteiger partial charge >= 0.3 is 25.7 Å². The minimum Gasteiger partial charge on any atom is -0.462 e. The number of phosphoric acid groups is 1. The fraction of sp³-hybridized carbons (Fsp3) is 0.776. The van der Waals surface area contributed by atoms with E-state index in [4.69, 9.17) is 23.3 Å². The molecule has 0 amide bonds. The minimum absolute atomic E-state index is 0.140. The number of phosphoric ester groups is 1. The molecule has 0 aromatic carbocycles. The average Bonchev–Trinajstić information content (AvgIpc) is 3.35. The molecule has 0 aliphatic rings. The van der Waals surface area contributed by atoms with E-state index in [1.54, 1.807) is 0 Å². The Morgan fingerprint density at radius 2 is 0.743 bits per heavy atom. The minimum atomic E-state index is -4.76. The lowest BCUT2D eigenvalue weighted by molar-refractivity contribution is -0.161. The predicted octanol–water partition coefficient (Wildman–Crippen LogP) is 16.4. The van der Waals surface area contributed by atoms with E-state index in [-0.39, 0.29) is 25.9 Å². The molecule has 0 spiro atoms. The standard InChI is InChI=1S/C58H103O11P/c1-4-7-10-13-16-19-22-25-27-30-32-35-38-41-44-47-56(60)65-51-55(69-58(62)49-46-43-40-37-34-31-28-26-23-20-17-14-11-8-5-2)53-67-70(63,64)66-52-54(50-59)68-57(61)48-45-42-39-36-33-29-24-21-18-15-12-9-6-3/h9,12,18,21,25-29,33,54-55,59H,4-8,10-11,13-17,19-20,22-24,30-32,34-53H2,1-3H3,(H,63,64)/b12-9-,21-18-,27-25-,28-26-,33-29-. The molecule has 0 bridgehead atoms. The maximum absolute atomic E-state index is 12.9. The number of hydrogen-bond donors (Lipinski definition) is 2. The molecule has 70 heavy (non-hydrogen) atoms. The number of aliphatic hydroxyl groups is 1. The van der Waals surface area contributed by atoms with Crippen LogP contribution < -0.4 is 0 Å². The van der Waals surface area contributed by atoms with Crippen molar-refractivity contribution in [3.8, 4) is 0 Å². The lowest BCUT2D eigenvalue weighted by Gasteiger charge is -2.21. The number of aliphatic hydroxyl groups excluding tert-OH is 1. The van der Waals surface area contributed by atoms with Gasteiger partial charge in [-0.15, -0.1) is 0 Å². The summed E-state index contributed by atoms with van der Waals surface area (Å²) in [6, 6.07) is 0. The molecule has 0 aliphatic heterocycles. The molecule has 0 heterocycles. The lowest BCUT2D eigenvalue weighted by atomic mass is 10.1. The Bertz CT molecular complexity index is 1410. The van der Waals surface area contributed by atoms with Crippen LogP contribution in [0.2, 0.25) is 0 Å². The highest BCUT2D eigenvalue weighted by Crippen LogP contribution is 2.43. The van der Waals surface area contributed by atoms with E-state index in [0.717, 1.165) is 116 Å². The molecule has 0 saturated carbocycles. The summed E-state index contributed by atoms with van der Waals surface area (Å²) in [7, 11) is -4.76. The summed E-state index contributed by atoms with van der Waals surface area (Å²) in [5.74, 6) is -1.51. The van der Waals surface area contributed by atoms with Gasteiger partial charge in [-0.25, -0.2) is 4.57 Å². The zero-order valence-corrected chi connectivity index (χ0v) is 45.6. The van der Waals surface area contributed by atoms with Crippen LogP contribution in [0, 0.1) is 0 Å². The molecule has 3 unspecified atom stereocenters. The Hall–Kier alpha value is -2.82. The highest BCUT2D eigenvalue weighted by molar-refractivity contribution is 7.47. The smallest absolute Gasteiger partial charge is 0.462 e. The van der Waals surface area contributed by atoms with E-state index in [1.165, 1.54) is 77.0 Å². The average molecular weight is 1010 g/mol. The highest BCUT2D eigenvalue weighted by atomic mass is 31.2. The molecule has 3 atom stereocenters. The van der Waals surface area contributed by atoms with Gasteiger partial charge in [0.2, 0.25) is 0 Å². The second-order valence-electron chi connectivity index (χ2n) is 18.7. The van der Waals surface area contributed by atoms with Crippen molar-refractivity contribution in [3.63, 3.8) is 0 Å². The van der Waals surface area contributed by atoms with Crippen LogP contribution in [0.1, 0.15) is 252 Å². The summed E-state index contributed by atoms with van der Waals surface area (Å²) in [6.07, 6.45) is 56.1. The van der Waals surface area contributed by atoms with Crippen LogP contribution in [-0.2, 0) is 42.2 Å². The number of allylic oxidation sites excluding steroid dienone is 10. The molecule has 0 radical (unpaired) electrons. The van der Waals surface area contributed by atoms with Crippen molar-refractivity contribution in [2.45, 2.75) is 264 Å². The van der Waals surface area contributed by atoms with Crippen LogP contribution in [0.25, 0.3) is 0 Å². The second kappa shape index (κ2) is 52.5. The van der Waals surface area contributed by atoms with E-state index in [1.807, 2.05) is 0 Å². The number of hydrogen-bond acceptors (Lipinski definition) is 10. The Labute approximate surface area is 427 Å². The van der Waals surface area contributed by atoms with Gasteiger partial charge in [-0.05, 0) is 103 Å². The summed E-state index contributed by atoms with van der Waals surface area (Å²) in [5, 5.41) is 9.79. The Kier molecular flexibility index (Phi) is 50.4. The fourth-order valence-electron chi connectivity index (χ4n) is 7.59. The first kappa shape index (κ1) is 67.2. The third kappa shape index (κ3) is 50.1. The number of ether oxygens (including phenoxy) is 3. The van der Waals surface area contributed by atoms with Crippen molar-refractivity contribution in [1.82, 2.24) is 0 Å². The molecule has 0 rings (SSSR count). The summed E-state index contributed by atoms with van der Waals surface area (Å²) in [6.45, 7) is 4.48. The first-order valence-electron chi connectivity index (χ1n) is 28.2. The molecule has 11 nitrogen and oxygen atoms in total. The molecule has 0 fully saturated rings. The monoisotopic (exact) mass is 1010 g/mol. The zero-order chi connectivity index (χ0) is 51.3. The molecule has 2 N–H and O–H groups in total. The van der Waals surface area contributed by atoms with Gasteiger partial charge in [-0.2, -0.15) is 0 Å². The van der Waals surface area contributed by atoms with Crippen molar-refractivity contribution in [1.29, 1.82) is 0 Å². The number of unbranched alkanes of at least 4 members (excludes halogenated alkanes) is 25. The first-order chi connectivity index (χ1) is 34.2. The van der Waals surface area contributed by atoms with E-state index >= 15 is 0 Å². The summed E-state index contributed by atoms with van der Waals surface area (Å²) >= 11 is 0. The van der Waals surface area contributed by atoms with Crippen LogP contribution in [0.3, 0.4) is 0 Å². The number of carbonyl (C=O) groups excluding carboxylic acids is 3. The van der Waals surface area contributed by atoms with Gasteiger partial charge < -0.3 is 24.2 Å². The molecule has 0 aromatic heterocycles. The molecule has 0 aliphatic carbocycles. The summed E-state index contributed by atoms with van der Waals surface area (Å²) in [4.78, 5) is 48.4. The molecular formula is C58H103O11P. The van der Waals surface area contributed by atoms with Crippen molar-refractivity contribution in [2.75, 3.05) is 26.4 Å². The maximum atomic E-state index is 12.9. The third-order valence-corrected chi connectivity index (χ3v) is 12.8. The molecule has 0 aromatic rings. The topological polar surface area (TPSA) is 155 Å². The molecular weight excluding hydrogens is 904 g/mol.